The van der Waals surface area contributed by atoms with Gasteiger partial charge in [0.15, 0.2) is 11.6 Å². The predicted molar refractivity (Wildman–Crippen MR) is 406 cm³/mol. The molecule has 0 aliphatic rings. The van der Waals surface area contributed by atoms with Crippen LogP contribution in [-0.2, 0) is 105 Å². The van der Waals surface area contributed by atoms with Gasteiger partial charge < -0.3 is 83.7 Å². The van der Waals surface area contributed by atoms with Gasteiger partial charge in [-0.05, 0) is 44.9 Å². The van der Waals surface area contributed by atoms with Crippen molar-refractivity contribution in [2.45, 2.75) is 259 Å². The van der Waals surface area contributed by atoms with Crippen LogP contribution < -0.4 is 16.0 Å². The molecule has 29 nitrogen and oxygen atoms in total. The van der Waals surface area contributed by atoms with Gasteiger partial charge in [0.1, 0.15) is 43.8 Å². The van der Waals surface area contributed by atoms with Crippen LogP contribution in [0.1, 0.15) is 259 Å². The zero-order chi connectivity index (χ0) is 80.1. The Bertz CT molecular complexity index is 2330. The van der Waals surface area contributed by atoms with Crippen LogP contribution in [0.25, 0.3) is 0 Å². The minimum absolute atomic E-state index is 0.00966. The fourth-order valence-electron chi connectivity index (χ4n) is 10.6. The molecule has 2 atom stereocenters. The summed E-state index contributed by atoms with van der Waals surface area (Å²) in [7, 11) is 0. The Labute approximate surface area is 643 Å². The van der Waals surface area contributed by atoms with Crippen molar-refractivity contribution in [3.63, 3.8) is 0 Å². The summed E-state index contributed by atoms with van der Waals surface area (Å²) in [5, 5.41) is 44.2. The molecule has 0 aromatic rings. The van der Waals surface area contributed by atoms with Crippen LogP contribution in [0.4, 0.5) is 0 Å². The third kappa shape index (κ3) is 78.4. The highest BCUT2D eigenvalue weighted by molar-refractivity contribution is 5.86. The summed E-state index contributed by atoms with van der Waals surface area (Å²) in [6.45, 7) is 12.6. The molecular formula is C79H141N3O26. The first kappa shape index (κ1) is 104. The lowest BCUT2D eigenvalue weighted by Crippen LogP contribution is -2.31. The molecule has 0 saturated carbocycles. The van der Waals surface area contributed by atoms with Crippen molar-refractivity contribution in [3.8, 4) is 0 Å². The van der Waals surface area contributed by atoms with E-state index in [1.807, 2.05) is 13.8 Å². The Hall–Kier alpha value is -5.76. The zero-order valence-corrected chi connectivity index (χ0v) is 66.3. The molecular weight excluding hydrogens is 1410 g/mol. The highest BCUT2D eigenvalue weighted by Gasteiger charge is 2.24. The van der Waals surface area contributed by atoms with E-state index in [4.69, 9.17) is 57.6 Å². The van der Waals surface area contributed by atoms with E-state index in [2.05, 4.69) is 16.0 Å². The highest BCUT2D eigenvalue weighted by Crippen LogP contribution is 2.19. The molecule has 0 radical (unpaired) electrons. The standard InChI is InChI=1S/C40H71NO12.C39H70N2O14/c1-33(2)37(44)22-21-34(40(48)49)30-36(43)31-52-28-27-51-25-23-41-38(45)32-53-29-26-50-24-17-19-35(42)18-15-13-11-9-7-5-3-4-6-8-10-12-14-16-20-39(46)47;1-32(2)35(43)30-54-27-25-52-23-22-51-20-18-41-37(45)31-55-28-26-53-24-21-50-19-17-40-36(44)16-15-33(39(48)49)29-34(42)13-11-9-7-5-3-4-6-8-10-12-14-38(46)47/h33-34H,3-32H2,1-2H3,(H,41,45)(H,46,47)(H,48,49);32-33H,3-31H2,1-2H3,(H,40,44)(H,41,45)(H,46,47)(H,48,49)/t34-;33-/m11/s1. The lowest BCUT2D eigenvalue weighted by molar-refractivity contribution is -0.145. The molecule has 3 amide bonds. The number of ketones is 5. The number of carbonyl (C=O) groups is 12. The summed E-state index contributed by atoms with van der Waals surface area (Å²) in [5.74, 6) is -6.58. The number of ether oxygens (including phenoxy) is 10. The minimum Gasteiger partial charge on any atom is -0.481 e. The number of carboxylic acids is 4. The van der Waals surface area contributed by atoms with Crippen LogP contribution in [0.5, 0.6) is 0 Å². The van der Waals surface area contributed by atoms with Crippen molar-refractivity contribution >= 4 is 70.5 Å². The number of hydrogen-bond acceptors (Lipinski definition) is 22. The first-order valence-electron chi connectivity index (χ1n) is 40.1. The van der Waals surface area contributed by atoms with Crippen LogP contribution in [0.15, 0.2) is 0 Å². The highest BCUT2D eigenvalue weighted by atomic mass is 16.6. The molecule has 0 aromatic carbocycles. The summed E-state index contributed by atoms with van der Waals surface area (Å²) in [4.78, 5) is 140. The van der Waals surface area contributed by atoms with E-state index in [0.717, 1.165) is 96.3 Å². The molecule has 0 spiro atoms. The number of aliphatic carboxylic acids is 4. The van der Waals surface area contributed by atoms with Crippen molar-refractivity contribution < 1.29 is 125 Å². The van der Waals surface area contributed by atoms with E-state index in [9.17, 15) is 67.7 Å². The van der Waals surface area contributed by atoms with Gasteiger partial charge in [0.2, 0.25) is 17.7 Å². The van der Waals surface area contributed by atoms with Gasteiger partial charge in [0.05, 0.1) is 111 Å². The first-order valence-corrected chi connectivity index (χ1v) is 40.1. The number of carbonyl (C=O) groups excluding carboxylic acids is 8. The van der Waals surface area contributed by atoms with E-state index in [-0.39, 0.29) is 189 Å². The molecule has 0 aromatic heterocycles. The minimum atomic E-state index is -1.10. The molecule has 628 valence electrons. The molecule has 0 fully saturated rings. The number of Topliss-reactive ketones (excluding diaryl/α,β-unsaturated/α-hetero) is 5. The second-order valence-electron chi connectivity index (χ2n) is 27.7. The smallest absolute Gasteiger partial charge is 0.306 e. The lowest BCUT2D eigenvalue weighted by Gasteiger charge is -2.12. The average Bonchev–Trinajstić information content (AvgIpc) is 0.933. The van der Waals surface area contributed by atoms with Crippen LogP contribution in [-0.4, -0.2) is 243 Å². The molecule has 0 heterocycles. The Morgan fingerprint density at radius 2 is 0.528 bits per heavy atom. The molecule has 0 saturated heterocycles. The summed E-state index contributed by atoms with van der Waals surface area (Å²) < 4.78 is 53.5. The Morgan fingerprint density at radius 3 is 0.889 bits per heavy atom. The predicted octanol–water partition coefficient (Wildman–Crippen LogP) is 10.3. The molecule has 29 heteroatoms. The van der Waals surface area contributed by atoms with Crippen molar-refractivity contribution in [2.75, 3.05) is 152 Å². The molecule has 0 aliphatic heterocycles. The van der Waals surface area contributed by atoms with E-state index >= 15 is 0 Å². The van der Waals surface area contributed by atoms with Gasteiger partial charge >= 0.3 is 23.9 Å². The van der Waals surface area contributed by atoms with E-state index < -0.39 is 35.7 Å². The maximum atomic E-state index is 12.4. The summed E-state index contributed by atoms with van der Waals surface area (Å²) in [6, 6.07) is 0. The Balaban J connectivity index is 0. The maximum absolute atomic E-state index is 12.4. The molecule has 108 heavy (non-hydrogen) atoms. The number of nitrogens with one attached hydrogen (secondary N) is 3. The van der Waals surface area contributed by atoms with Crippen LogP contribution in [0.3, 0.4) is 0 Å². The third-order valence-electron chi connectivity index (χ3n) is 17.2. The Morgan fingerprint density at radius 1 is 0.250 bits per heavy atom. The van der Waals surface area contributed by atoms with Crippen LogP contribution >= 0.6 is 0 Å². The van der Waals surface area contributed by atoms with Gasteiger partial charge in [-0.2, -0.15) is 0 Å². The number of unbranched alkanes of at least 4 members (excludes halogenated alkanes) is 22. The van der Waals surface area contributed by atoms with Crippen molar-refractivity contribution in [2.24, 2.45) is 23.7 Å². The van der Waals surface area contributed by atoms with Crippen molar-refractivity contribution in [3.05, 3.63) is 0 Å². The fourth-order valence-corrected chi connectivity index (χ4v) is 10.6. The normalized spacial score (nSPS) is 11.8. The monoisotopic (exact) mass is 1550 g/mol. The molecule has 0 bridgehead atoms. The van der Waals surface area contributed by atoms with Gasteiger partial charge in [-0.1, -0.05) is 156 Å². The van der Waals surface area contributed by atoms with E-state index in [0.29, 0.717) is 98.1 Å². The maximum Gasteiger partial charge on any atom is 0.306 e. The SMILES string of the molecule is CC(C)C(=O)CC[C@H](CC(=O)COCCOCCNC(=O)COCCOCCCC(=O)CCCCCCCCCCCCCCCCC(=O)O)C(=O)O.CC(C)C(=O)COCCOCCOCCNC(=O)COCCOCCOCCNC(=O)CC[C@H](CC(=O)CCCCCCCCCCCCC(=O)O)C(=O)O. The van der Waals surface area contributed by atoms with Crippen LogP contribution in [0.2, 0.25) is 0 Å². The van der Waals surface area contributed by atoms with E-state index in [1.54, 1.807) is 13.8 Å². The second kappa shape index (κ2) is 77.9. The third-order valence-corrected chi connectivity index (χ3v) is 17.2. The molecule has 0 rings (SSSR count). The van der Waals surface area contributed by atoms with Gasteiger partial charge in [0.25, 0.3) is 0 Å². The zero-order valence-electron chi connectivity index (χ0n) is 66.3. The Kier molecular flexibility index (Phi) is 75.3. The average molecular weight is 1550 g/mol. The van der Waals surface area contributed by atoms with Gasteiger partial charge in [-0.15, -0.1) is 0 Å². The summed E-state index contributed by atoms with van der Waals surface area (Å²) in [6.07, 6.45) is 29.0. The van der Waals surface area contributed by atoms with Gasteiger partial charge in [-0.25, -0.2) is 0 Å². The quantitative estimate of drug-likeness (QED) is 0.0278. The first-order chi connectivity index (χ1) is 52.0. The number of carboxylic acid groups (broad SMARTS) is 4. The number of rotatable bonds is 83. The van der Waals surface area contributed by atoms with Crippen molar-refractivity contribution in [1.82, 2.24) is 16.0 Å². The second-order valence-corrected chi connectivity index (χ2v) is 27.7. The lowest BCUT2D eigenvalue weighted by atomic mass is 9.93. The van der Waals surface area contributed by atoms with Gasteiger partial charge in [-0.3, -0.25) is 57.5 Å². The van der Waals surface area contributed by atoms with Crippen LogP contribution in [0, 0.1) is 23.7 Å². The molecule has 0 aliphatic carbocycles. The number of amides is 3. The molecule has 7 N–H and O–H groups in total. The van der Waals surface area contributed by atoms with E-state index in [1.165, 1.54) is 57.8 Å². The molecule has 0 unspecified atom stereocenters. The largest absolute Gasteiger partial charge is 0.481 e. The van der Waals surface area contributed by atoms with Crippen molar-refractivity contribution in [1.29, 1.82) is 0 Å². The summed E-state index contributed by atoms with van der Waals surface area (Å²) in [5.41, 5.74) is 0. The fraction of sp³-hybridized carbons (Fsp3) is 0.848. The van der Waals surface area contributed by atoms with Gasteiger partial charge in [0, 0.05) is 95.9 Å². The topological polar surface area (TPSA) is 414 Å². The number of hydrogen-bond donors (Lipinski definition) is 7. The summed E-state index contributed by atoms with van der Waals surface area (Å²) >= 11 is 0.